The van der Waals surface area contributed by atoms with Gasteiger partial charge in [0.05, 0.1) is 11.3 Å². The Morgan fingerprint density at radius 2 is 1.57 bits per heavy atom. The molecule has 0 unspecified atom stereocenters. The Kier molecular flexibility index (Phi) is 5.69. The summed E-state index contributed by atoms with van der Waals surface area (Å²) >= 11 is 0. The summed E-state index contributed by atoms with van der Waals surface area (Å²) in [5, 5.41) is 0. The number of carbonyl (C=O) groups is 1. The van der Waals surface area contributed by atoms with E-state index in [0.717, 1.165) is 5.56 Å². The zero-order chi connectivity index (χ0) is 21.1. The molecule has 0 N–H and O–H groups in total. The number of furan rings is 1. The van der Waals surface area contributed by atoms with Gasteiger partial charge in [0.2, 0.25) is 10.0 Å². The largest absolute Gasteiger partial charge is 0.451 e. The van der Waals surface area contributed by atoms with Gasteiger partial charge in [0.1, 0.15) is 11.6 Å². The quantitative estimate of drug-likeness (QED) is 0.625. The van der Waals surface area contributed by atoms with Gasteiger partial charge >= 0.3 is 0 Å². The number of nitrogens with zero attached hydrogens (tertiary/aromatic N) is 2. The minimum absolute atomic E-state index is 0.0635. The maximum absolute atomic E-state index is 13.9. The van der Waals surface area contributed by atoms with Gasteiger partial charge in [-0.25, -0.2) is 12.8 Å². The highest BCUT2D eigenvalue weighted by Gasteiger charge is 2.30. The number of carbonyl (C=O) groups excluding carboxylic acids is 1. The molecule has 0 spiro atoms. The minimum atomic E-state index is -3.46. The summed E-state index contributed by atoms with van der Waals surface area (Å²) in [5.41, 5.74) is 1.01. The van der Waals surface area contributed by atoms with Crippen LogP contribution < -0.4 is 0 Å². The predicted molar refractivity (Wildman–Crippen MR) is 111 cm³/mol. The fraction of sp³-hybridized carbons (Fsp3) is 0.227. The third-order valence-corrected chi connectivity index (χ3v) is 6.92. The first kappa shape index (κ1) is 20.3. The number of rotatable bonds is 5. The monoisotopic (exact) mass is 428 g/mol. The summed E-state index contributed by atoms with van der Waals surface area (Å²) in [4.78, 5) is 14.3. The highest BCUT2D eigenvalue weighted by Crippen LogP contribution is 2.25. The van der Waals surface area contributed by atoms with Gasteiger partial charge in [0.15, 0.2) is 5.76 Å². The van der Waals surface area contributed by atoms with Crippen LogP contribution in [-0.4, -0.2) is 49.7 Å². The molecule has 156 valence electrons. The molecule has 1 aromatic heterocycles. The van der Waals surface area contributed by atoms with Crippen molar-refractivity contribution in [1.29, 1.82) is 0 Å². The Labute approximate surface area is 174 Å². The molecule has 0 bridgehead atoms. The van der Waals surface area contributed by atoms with Crippen LogP contribution >= 0.6 is 0 Å². The van der Waals surface area contributed by atoms with Crippen LogP contribution in [0.5, 0.6) is 0 Å². The van der Waals surface area contributed by atoms with Gasteiger partial charge in [-0.2, -0.15) is 4.31 Å². The van der Waals surface area contributed by atoms with Crippen molar-refractivity contribution in [3.63, 3.8) is 0 Å². The lowest BCUT2D eigenvalue weighted by molar-refractivity contribution is 0.0666. The lowest BCUT2D eigenvalue weighted by Crippen LogP contribution is -2.50. The molecule has 1 aliphatic heterocycles. The van der Waals surface area contributed by atoms with Crippen LogP contribution in [-0.2, 0) is 15.8 Å². The van der Waals surface area contributed by atoms with Crippen LogP contribution in [0.25, 0.3) is 11.3 Å². The maximum Gasteiger partial charge on any atom is 0.289 e. The molecular formula is C22H21FN2O4S. The van der Waals surface area contributed by atoms with Crippen molar-refractivity contribution in [2.24, 2.45) is 0 Å². The van der Waals surface area contributed by atoms with E-state index < -0.39 is 15.8 Å². The fourth-order valence-corrected chi connectivity index (χ4v) is 4.98. The number of piperazine rings is 1. The summed E-state index contributed by atoms with van der Waals surface area (Å²) in [7, 11) is -3.46. The molecule has 3 aromatic rings. The number of hydrogen-bond acceptors (Lipinski definition) is 4. The molecule has 4 rings (SSSR count). The number of halogens is 1. The van der Waals surface area contributed by atoms with Crippen LogP contribution in [0.3, 0.4) is 0 Å². The Hall–Kier alpha value is -2.97. The molecule has 0 atom stereocenters. The van der Waals surface area contributed by atoms with Gasteiger partial charge in [-0.15, -0.1) is 0 Å². The molecule has 0 aliphatic carbocycles. The van der Waals surface area contributed by atoms with E-state index in [0.29, 0.717) is 0 Å². The van der Waals surface area contributed by atoms with Crippen molar-refractivity contribution in [2.45, 2.75) is 5.75 Å². The second-order valence-electron chi connectivity index (χ2n) is 7.08. The van der Waals surface area contributed by atoms with Crippen molar-refractivity contribution < 1.29 is 22.0 Å². The SMILES string of the molecule is O=C(c1ccc(-c2ccccc2F)o1)N1CCN(S(=O)(=O)Cc2ccccc2)CC1. The lowest BCUT2D eigenvalue weighted by atomic mass is 10.1. The van der Waals surface area contributed by atoms with E-state index in [4.69, 9.17) is 4.42 Å². The molecule has 0 radical (unpaired) electrons. The van der Waals surface area contributed by atoms with Crippen LogP contribution in [0.2, 0.25) is 0 Å². The van der Waals surface area contributed by atoms with Crippen molar-refractivity contribution in [3.05, 3.63) is 83.9 Å². The van der Waals surface area contributed by atoms with E-state index in [2.05, 4.69) is 0 Å². The normalized spacial score (nSPS) is 15.3. The van der Waals surface area contributed by atoms with Gasteiger partial charge in [-0.05, 0) is 29.8 Å². The maximum atomic E-state index is 13.9. The van der Waals surface area contributed by atoms with Gasteiger partial charge in [-0.3, -0.25) is 4.79 Å². The van der Waals surface area contributed by atoms with Crippen molar-refractivity contribution in [2.75, 3.05) is 26.2 Å². The molecule has 30 heavy (non-hydrogen) atoms. The lowest BCUT2D eigenvalue weighted by Gasteiger charge is -2.33. The average molecular weight is 428 g/mol. The van der Waals surface area contributed by atoms with Gasteiger partial charge in [0.25, 0.3) is 5.91 Å². The summed E-state index contributed by atoms with van der Waals surface area (Å²) in [5.74, 6) is -0.443. The second kappa shape index (κ2) is 8.41. The molecule has 1 amide bonds. The van der Waals surface area contributed by atoms with E-state index in [1.807, 2.05) is 6.07 Å². The molecular weight excluding hydrogens is 407 g/mol. The van der Waals surface area contributed by atoms with Gasteiger partial charge in [-0.1, -0.05) is 42.5 Å². The first-order valence-electron chi connectivity index (χ1n) is 9.60. The van der Waals surface area contributed by atoms with E-state index in [9.17, 15) is 17.6 Å². The predicted octanol–water partition coefficient (Wildman–Crippen LogP) is 3.37. The Morgan fingerprint density at radius 3 is 2.27 bits per heavy atom. The Bertz CT molecular complexity index is 1140. The van der Waals surface area contributed by atoms with E-state index >= 15 is 0 Å². The van der Waals surface area contributed by atoms with Crippen molar-refractivity contribution >= 4 is 15.9 Å². The fourth-order valence-electron chi connectivity index (χ4n) is 3.46. The van der Waals surface area contributed by atoms with E-state index in [1.54, 1.807) is 53.4 Å². The van der Waals surface area contributed by atoms with Crippen LogP contribution in [0.15, 0.2) is 71.1 Å². The molecule has 6 nitrogen and oxygen atoms in total. The highest BCUT2D eigenvalue weighted by atomic mass is 32.2. The van der Waals surface area contributed by atoms with Crippen LogP contribution in [0.4, 0.5) is 4.39 Å². The molecule has 1 fully saturated rings. The zero-order valence-corrected chi connectivity index (χ0v) is 17.0. The summed E-state index contributed by atoms with van der Waals surface area (Å²) in [6, 6.07) is 18.3. The van der Waals surface area contributed by atoms with E-state index in [1.165, 1.54) is 16.4 Å². The van der Waals surface area contributed by atoms with Crippen molar-refractivity contribution in [1.82, 2.24) is 9.21 Å². The number of amides is 1. The molecule has 2 aromatic carbocycles. The summed E-state index contributed by atoms with van der Waals surface area (Å²) in [6.07, 6.45) is 0. The van der Waals surface area contributed by atoms with Crippen LogP contribution in [0, 0.1) is 5.82 Å². The summed E-state index contributed by atoms with van der Waals surface area (Å²) in [6.45, 7) is 0.981. The highest BCUT2D eigenvalue weighted by molar-refractivity contribution is 7.88. The molecule has 0 saturated carbocycles. The number of hydrogen-bond donors (Lipinski definition) is 0. The first-order chi connectivity index (χ1) is 14.4. The Morgan fingerprint density at radius 1 is 0.900 bits per heavy atom. The Balaban J connectivity index is 1.40. The number of benzene rings is 2. The third-order valence-electron chi connectivity index (χ3n) is 5.07. The molecule has 2 heterocycles. The first-order valence-corrected chi connectivity index (χ1v) is 11.2. The smallest absolute Gasteiger partial charge is 0.289 e. The van der Waals surface area contributed by atoms with E-state index in [-0.39, 0.29) is 54.9 Å². The third kappa shape index (κ3) is 4.29. The topological polar surface area (TPSA) is 70.8 Å². The number of sulfonamides is 1. The van der Waals surface area contributed by atoms with Crippen molar-refractivity contribution in [3.8, 4) is 11.3 Å². The standard InChI is InChI=1S/C22H21FN2O4S/c23-19-9-5-4-8-18(19)20-10-11-21(29-20)22(26)24-12-14-25(15-13-24)30(27,28)16-17-6-2-1-3-7-17/h1-11H,12-16H2. The molecule has 8 heteroatoms. The minimum Gasteiger partial charge on any atom is -0.451 e. The molecule has 1 saturated heterocycles. The average Bonchev–Trinajstić information content (AvgIpc) is 3.24. The zero-order valence-electron chi connectivity index (χ0n) is 16.2. The van der Waals surface area contributed by atoms with Gasteiger partial charge in [0, 0.05) is 26.2 Å². The van der Waals surface area contributed by atoms with Crippen LogP contribution in [0.1, 0.15) is 16.1 Å². The molecule has 1 aliphatic rings. The van der Waals surface area contributed by atoms with Gasteiger partial charge < -0.3 is 9.32 Å². The summed E-state index contributed by atoms with van der Waals surface area (Å²) < 4.78 is 46.2. The second-order valence-corrected chi connectivity index (χ2v) is 9.05.